The van der Waals surface area contributed by atoms with Crippen molar-refractivity contribution in [1.29, 1.82) is 0 Å². The Morgan fingerprint density at radius 1 is 1.22 bits per heavy atom. The Hall–Kier alpha value is -3.03. The second-order valence-electron chi connectivity index (χ2n) is 7.89. The molecule has 1 aliphatic rings. The highest BCUT2D eigenvalue weighted by atomic mass is 35.5. The molecule has 32 heavy (non-hydrogen) atoms. The number of aromatic nitrogens is 2. The molecule has 2 heterocycles. The van der Waals surface area contributed by atoms with Gasteiger partial charge in [-0.3, -0.25) is 4.68 Å². The number of hydrogen-bond acceptors (Lipinski definition) is 4. The fourth-order valence-corrected chi connectivity index (χ4v) is 4.08. The van der Waals surface area contributed by atoms with E-state index >= 15 is 0 Å². The third-order valence-electron chi connectivity index (χ3n) is 5.59. The molecule has 168 valence electrons. The summed E-state index contributed by atoms with van der Waals surface area (Å²) in [5.41, 5.74) is 2.98. The minimum Gasteiger partial charge on any atom is -0.493 e. The lowest BCUT2D eigenvalue weighted by molar-refractivity contribution is 0.262. The molecule has 1 atom stereocenters. The number of piperidine rings is 1. The van der Waals surface area contributed by atoms with Gasteiger partial charge in [-0.25, -0.2) is 4.79 Å². The predicted octanol–water partition coefficient (Wildman–Crippen LogP) is 5.30. The Bertz CT molecular complexity index is 1060. The average molecular weight is 454 g/mol. The van der Waals surface area contributed by atoms with Gasteiger partial charge in [-0.05, 0) is 62.2 Å². The number of aryl methyl sites for hydroxylation is 1. The second-order valence-corrected chi connectivity index (χ2v) is 8.30. The molecule has 0 saturated carbocycles. The number of carbonyl (C=O) groups is 1. The SMILES string of the molecule is Cn1nccc1-c1cc(NC(=O)Nc2ccccc2Cl)ccc1OCCC1CCCCN1. The fraction of sp³-hybridized carbons (Fsp3) is 0.333. The van der Waals surface area contributed by atoms with Crippen molar-refractivity contribution in [3.8, 4) is 17.0 Å². The number of hydrogen-bond donors (Lipinski definition) is 3. The van der Waals surface area contributed by atoms with Crippen molar-refractivity contribution < 1.29 is 9.53 Å². The van der Waals surface area contributed by atoms with Gasteiger partial charge in [-0.2, -0.15) is 5.10 Å². The van der Waals surface area contributed by atoms with Gasteiger partial charge in [-0.15, -0.1) is 0 Å². The van der Waals surface area contributed by atoms with E-state index in [4.69, 9.17) is 16.3 Å². The van der Waals surface area contributed by atoms with Gasteiger partial charge < -0.3 is 20.7 Å². The molecule has 7 nitrogen and oxygen atoms in total. The van der Waals surface area contributed by atoms with E-state index < -0.39 is 0 Å². The number of anilines is 2. The quantitative estimate of drug-likeness (QED) is 0.453. The van der Waals surface area contributed by atoms with Crippen molar-refractivity contribution in [2.45, 2.75) is 31.7 Å². The molecule has 2 aromatic carbocycles. The van der Waals surface area contributed by atoms with E-state index in [1.807, 2.05) is 43.4 Å². The van der Waals surface area contributed by atoms with Crippen LogP contribution in [-0.4, -0.2) is 35.0 Å². The van der Waals surface area contributed by atoms with Gasteiger partial charge in [0.1, 0.15) is 5.75 Å². The van der Waals surface area contributed by atoms with Crippen LogP contribution in [0.1, 0.15) is 25.7 Å². The van der Waals surface area contributed by atoms with Gasteiger partial charge in [-0.1, -0.05) is 30.2 Å². The van der Waals surface area contributed by atoms with E-state index in [-0.39, 0.29) is 6.03 Å². The van der Waals surface area contributed by atoms with E-state index in [0.717, 1.165) is 30.0 Å². The highest BCUT2D eigenvalue weighted by Gasteiger charge is 2.15. The van der Waals surface area contributed by atoms with Crippen LogP contribution in [0.5, 0.6) is 5.75 Å². The molecule has 0 radical (unpaired) electrons. The first kappa shape index (κ1) is 22.2. The second kappa shape index (κ2) is 10.5. The predicted molar refractivity (Wildman–Crippen MR) is 128 cm³/mol. The maximum Gasteiger partial charge on any atom is 0.323 e. The number of ether oxygens (including phenoxy) is 1. The molecule has 1 saturated heterocycles. The first-order valence-electron chi connectivity index (χ1n) is 10.9. The topological polar surface area (TPSA) is 80.2 Å². The zero-order chi connectivity index (χ0) is 22.3. The van der Waals surface area contributed by atoms with Crippen LogP contribution in [0, 0.1) is 0 Å². The van der Waals surface area contributed by atoms with Crippen LogP contribution >= 0.6 is 11.6 Å². The standard InChI is InChI=1S/C24H28ClN5O2/c1-30-22(11-14-27-30)19-16-18(28-24(31)29-21-8-3-2-7-20(21)25)9-10-23(19)32-15-12-17-6-4-5-13-26-17/h2-3,7-11,14,16-17,26H,4-6,12-13,15H2,1H3,(H2,28,29,31). The van der Waals surface area contributed by atoms with Crippen molar-refractivity contribution in [3.05, 3.63) is 59.8 Å². The number of benzene rings is 2. The molecule has 2 amide bonds. The molecular formula is C24H28ClN5O2. The van der Waals surface area contributed by atoms with Gasteiger partial charge in [0.05, 0.1) is 23.0 Å². The van der Waals surface area contributed by atoms with Gasteiger partial charge in [0, 0.05) is 30.5 Å². The van der Waals surface area contributed by atoms with Crippen LogP contribution in [0.3, 0.4) is 0 Å². The van der Waals surface area contributed by atoms with Gasteiger partial charge in [0.15, 0.2) is 0 Å². The number of amides is 2. The number of urea groups is 1. The van der Waals surface area contributed by atoms with Crippen LogP contribution in [-0.2, 0) is 7.05 Å². The molecular weight excluding hydrogens is 426 g/mol. The van der Waals surface area contributed by atoms with Crippen molar-refractivity contribution in [1.82, 2.24) is 15.1 Å². The number of rotatable bonds is 7. The Morgan fingerprint density at radius 2 is 2.09 bits per heavy atom. The fourth-order valence-electron chi connectivity index (χ4n) is 3.90. The van der Waals surface area contributed by atoms with Gasteiger partial charge >= 0.3 is 6.03 Å². The summed E-state index contributed by atoms with van der Waals surface area (Å²) in [5.74, 6) is 0.765. The molecule has 1 aliphatic heterocycles. The molecule has 1 unspecified atom stereocenters. The van der Waals surface area contributed by atoms with Crippen molar-refractivity contribution >= 4 is 29.0 Å². The third-order valence-corrected chi connectivity index (χ3v) is 5.92. The average Bonchev–Trinajstić information content (AvgIpc) is 3.22. The normalized spacial score (nSPS) is 15.9. The molecule has 0 aliphatic carbocycles. The summed E-state index contributed by atoms with van der Waals surface area (Å²) in [5, 5.41) is 14.0. The minimum absolute atomic E-state index is 0.369. The summed E-state index contributed by atoms with van der Waals surface area (Å²) in [6.45, 7) is 1.71. The molecule has 4 rings (SSSR count). The van der Waals surface area contributed by atoms with E-state index in [1.54, 1.807) is 23.0 Å². The smallest absolute Gasteiger partial charge is 0.323 e. The highest BCUT2D eigenvalue weighted by Crippen LogP contribution is 2.33. The van der Waals surface area contributed by atoms with Gasteiger partial charge in [0.2, 0.25) is 0 Å². The Labute approximate surface area is 193 Å². The molecule has 0 spiro atoms. The molecule has 8 heteroatoms. The molecule has 3 aromatic rings. The minimum atomic E-state index is -0.369. The monoisotopic (exact) mass is 453 g/mol. The summed E-state index contributed by atoms with van der Waals surface area (Å²) < 4.78 is 7.95. The first-order chi connectivity index (χ1) is 15.6. The number of nitrogens with one attached hydrogen (secondary N) is 3. The number of para-hydroxylation sites is 1. The van der Waals surface area contributed by atoms with Crippen molar-refractivity contribution in [2.75, 3.05) is 23.8 Å². The molecule has 1 fully saturated rings. The maximum absolute atomic E-state index is 12.5. The summed E-state index contributed by atoms with van der Waals surface area (Å²) in [7, 11) is 1.88. The zero-order valence-corrected chi connectivity index (χ0v) is 18.9. The Balaban J connectivity index is 1.47. The molecule has 3 N–H and O–H groups in total. The van der Waals surface area contributed by atoms with Crippen LogP contribution < -0.4 is 20.7 Å². The summed E-state index contributed by atoms with van der Waals surface area (Å²) >= 11 is 6.13. The number of carbonyl (C=O) groups excluding carboxylic acids is 1. The number of nitrogens with zero attached hydrogens (tertiary/aromatic N) is 2. The molecule has 0 bridgehead atoms. The van der Waals surface area contributed by atoms with E-state index in [2.05, 4.69) is 21.0 Å². The largest absolute Gasteiger partial charge is 0.493 e. The first-order valence-corrected chi connectivity index (χ1v) is 11.3. The summed E-state index contributed by atoms with van der Waals surface area (Å²) in [4.78, 5) is 12.5. The van der Waals surface area contributed by atoms with Crippen LogP contribution in [0.25, 0.3) is 11.3 Å². The maximum atomic E-state index is 12.5. The number of halogens is 1. The Morgan fingerprint density at radius 3 is 2.84 bits per heavy atom. The van der Waals surface area contributed by atoms with Crippen LogP contribution in [0.15, 0.2) is 54.7 Å². The van der Waals surface area contributed by atoms with Crippen molar-refractivity contribution in [3.63, 3.8) is 0 Å². The molecule has 1 aromatic heterocycles. The van der Waals surface area contributed by atoms with E-state index in [9.17, 15) is 4.79 Å². The van der Waals surface area contributed by atoms with Crippen molar-refractivity contribution in [2.24, 2.45) is 7.05 Å². The van der Waals surface area contributed by atoms with Crippen LogP contribution in [0.4, 0.5) is 16.2 Å². The van der Waals surface area contributed by atoms with Crippen LogP contribution in [0.2, 0.25) is 5.02 Å². The lowest BCUT2D eigenvalue weighted by atomic mass is 10.0. The lowest BCUT2D eigenvalue weighted by Crippen LogP contribution is -2.35. The third kappa shape index (κ3) is 5.60. The lowest BCUT2D eigenvalue weighted by Gasteiger charge is -2.23. The summed E-state index contributed by atoms with van der Waals surface area (Å²) in [6, 6.07) is 14.8. The van der Waals surface area contributed by atoms with E-state index in [0.29, 0.717) is 29.0 Å². The Kier molecular flexibility index (Phi) is 7.29. The summed E-state index contributed by atoms with van der Waals surface area (Å²) in [6.07, 6.45) is 6.43. The zero-order valence-electron chi connectivity index (χ0n) is 18.1. The highest BCUT2D eigenvalue weighted by molar-refractivity contribution is 6.33. The van der Waals surface area contributed by atoms with Gasteiger partial charge in [0.25, 0.3) is 0 Å². The van der Waals surface area contributed by atoms with E-state index in [1.165, 1.54) is 19.3 Å².